The van der Waals surface area contributed by atoms with Crippen molar-refractivity contribution in [3.05, 3.63) is 48.6 Å². The van der Waals surface area contributed by atoms with Gasteiger partial charge in [0.05, 0.1) is 12.1 Å². The summed E-state index contributed by atoms with van der Waals surface area (Å²) in [5.41, 5.74) is -0.316. The summed E-state index contributed by atoms with van der Waals surface area (Å²) in [6.07, 6.45) is 1.63. The van der Waals surface area contributed by atoms with E-state index in [-0.39, 0.29) is 13.1 Å². The second kappa shape index (κ2) is 6.33. The van der Waals surface area contributed by atoms with Gasteiger partial charge in [-0.2, -0.15) is 0 Å². The highest BCUT2D eigenvalue weighted by molar-refractivity contribution is 5.69. The van der Waals surface area contributed by atoms with E-state index in [9.17, 15) is 9.90 Å². The van der Waals surface area contributed by atoms with E-state index in [0.717, 1.165) is 5.56 Å². The second-order valence-corrected chi connectivity index (χ2v) is 4.49. The molecule has 0 aliphatic rings. The fraction of sp³-hybridized carbons (Fsp3) is 0.357. The lowest BCUT2D eigenvalue weighted by molar-refractivity contribution is -0.138. The summed E-state index contributed by atoms with van der Waals surface area (Å²) in [4.78, 5) is 12.4. The van der Waals surface area contributed by atoms with Crippen LogP contribution in [0.2, 0.25) is 0 Å². The summed E-state index contributed by atoms with van der Waals surface area (Å²) < 4.78 is 0. The highest BCUT2D eigenvalue weighted by Gasteiger charge is 2.26. The number of carbonyl (C=O) groups is 1. The summed E-state index contributed by atoms with van der Waals surface area (Å²) in [6, 6.07) is 9.22. The van der Waals surface area contributed by atoms with Gasteiger partial charge in [-0.3, -0.25) is 9.69 Å². The predicted octanol–water partition coefficient (Wildman–Crippen LogP) is 1.47. The van der Waals surface area contributed by atoms with Crippen molar-refractivity contribution < 1.29 is 15.0 Å². The largest absolute Gasteiger partial charge is 0.480 e. The van der Waals surface area contributed by atoms with E-state index in [1.165, 1.54) is 0 Å². The van der Waals surface area contributed by atoms with Crippen LogP contribution in [0.4, 0.5) is 0 Å². The Balaban J connectivity index is 2.78. The zero-order valence-electron chi connectivity index (χ0n) is 10.5. The van der Waals surface area contributed by atoms with Crippen LogP contribution in [0, 0.1) is 0 Å². The van der Waals surface area contributed by atoms with Gasteiger partial charge in [-0.05, 0) is 12.5 Å². The van der Waals surface area contributed by atoms with Gasteiger partial charge in [0.15, 0.2) is 0 Å². The Morgan fingerprint density at radius 1 is 1.44 bits per heavy atom. The number of benzene rings is 1. The molecule has 0 spiro atoms. The molecule has 1 rings (SSSR count). The van der Waals surface area contributed by atoms with Crippen molar-refractivity contribution in [1.29, 1.82) is 0 Å². The van der Waals surface area contributed by atoms with Crippen molar-refractivity contribution in [2.24, 2.45) is 0 Å². The SMILES string of the molecule is C=CCN(CC(=O)O)CC(C)(O)c1ccccc1. The van der Waals surface area contributed by atoms with Gasteiger partial charge < -0.3 is 10.2 Å². The molecule has 0 bridgehead atoms. The molecule has 1 aromatic rings. The molecule has 1 aromatic carbocycles. The summed E-state index contributed by atoms with van der Waals surface area (Å²) in [5, 5.41) is 19.2. The molecule has 4 heteroatoms. The van der Waals surface area contributed by atoms with Gasteiger partial charge >= 0.3 is 5.97 Å². The average molecular weight is 249 g/mol. The van der Waals surface area contributed by atoms with Crippen LogP contribution in [0.15, 0.2) is 43.0 Å². The molecule has 18 heavy (non-hydrogen) atoms. The van der Waals surface area contributed by atoms with Crippen LogP contribution in [0.25, 0.3) is 0 Å². The van der Waals surface area contributed by atoms with Crippen LogP contribution < -0.4 is 0 Å². The molecule has 0 aliphatic heterocycles. The van der Waals surface area contributed by atoms with Crippen LogP contribution in [-0.4, -0.2) is 40.7 Å². The molecule has 0 radical (unpaired) electrons. The maximum Gasteiger partial charge on any atom is 0.317 e. The highest BCUT2D eigenvalue weighted by Crippen LogP contribution is 2.21. The Labute approximate surface area is 107 Å². The molecule has 0 saturated heterocycles. The van der Waals surface area contributed by atoms with E-state index in [2.05, 4.69) is 6.58 Å². The number of rotatable bonds is 7. The van der Waals surface area contributed by atoms with Crippen molar-refractivity contribution in [3.8, 4) is 0 Å². The number of aliphatic carboxylic acids is 1. The topological polar surface area (TPSA) is 60.8 Å². The number of carboxylic acids is 1. The molecule has 0 saturated carbocycles. The molecule has 1 atom stereocenters. The van der Waals surface area contributed by atoms with E-state index in [1.54, 1.807) is 17.9 Å². The fourth-order valence-electron chi connectivity index (χ4n) is 1.88. The van der Waals surface area contributed by atoms with E-state index < -0.39 is 11.6 Å². The molecule has 0 aromatic heterocycles. The Morgan fingerprint density at radius 3 is 2.56 bits per heavy atom. The van der Waals surface area contributed by atoms with Gasteiger partial charge in [-0.1, -0.05) is 36.4 Å². The van der Waals surface area contributed by atoms with E-state index in [1.807, 2.05) is 30.3 Å². The van der Waals surface area contributed by atoms with Crippen LogP contribution >= 0.6 is 0 Å². The van der Waals surface area contributed by atoms with E-state index in [0.29, 0.717) is 6.54 Å². The standard InChI is InChI=1S/C14H19NO3/c1-3-9-15(10-13(16)17)11-14(2,18)12-7-5-4-6-8-12/h3-8,18H,1,9-11H2,2H3,(H,16,17). The lowest BCUT2D eigenvalue weighted by Crippen LogP contribution is -2.41. The van der Waals surface area contributed by atoms with Gasteiger partial charge in [0.2, 0.25) is 0 Å². The number of hydrogen-bond donors (Lipinski definition) is 2. The predicted molar refractivity (Wildman–Crippen MR) is 70.3 cm³/mol. The Morgan fingerprint density at radius 2 is 2.06 bits per heavy atom. The Bertz CT molecular complexity index is 401. The first-order valence-electron chi connectivity index (χ1n) is 5.78. The Hall–Kier alpha value is -1.65. The van der Waals surface area contributed by atoms with E-state index >= 15 is 0 Å². The zero-order chi connectivity index (χ0) is 13.6. The smallest absolute Gasteiger partial charge is 0.317 e. The van der Waals surface area contributed by atoms with Gasteiger partial charge in [0.25, 0.3) is 0 Å². The first kappa shape index (κ1) is 14.4. The first-order chi connectivity index (χ1) is 8.45. The molecule has 2 N–H and O–H groups in total. The second-order valence-electron chi connectivity index (χ2n) is 4.49. The molecule has 0 aliphatic carbocycles. The Kier molecular flexibility index (Phi) is 5.07. The van der Waals surface area contributed by atoms with Crippen LogP contribution in [0.5, 0.6) is 0 Å². The molecule has 0 amide bonds. The van der Waals surface area contributed by atoms with Crippen molar-refractivity contribution in [2.75, 3.05) is 19.6 Å². The third-order valence-electron chi connectivity index (χ3n) is 2.67. The van der Waals surface area contributed by atoms with Gasteiger partial charge in [-0.25, -0.2) is 0 Å². The fourth-order valence-corrected chi connectivity index (χ4v) is 1.88. The third kappa shape index (κ3) is 4.31. The summed E-state index contributed by atoms with van der Waals surface area (Å²) >= 11 is 0. The van der Waals surface area contributed by atoms with Crippen molar-refractivity contribution in [2.45, 2.75) is 12.5 Å². The summed E-state index contributed by atoms with van der Waals surface area (Å²) in [7, 11) is 0. The lowest BCUT2D eigenvalue weighted by Gasteiger charge is -2.30. The zero-order valence-corrected chi connectivity index (χ0v) is 10.5. The number of nitrogens with zero attached hydrogens (tertiary/aromatic N) is 1. The number of aliphatic hydroxyl groups is 1. The van der Waals surface area contributed by atoms with Crippen LogP contribution in [-0.2, 0) is 10.4 Å². The minimum atomic E-state index is -1.08. The van der Waals surface area contributed by atoms with Gasteiger partial charge in [0, 0.05) is 13.1 Å². The van der Waals surface area contributed by atoms with Gasteiger partial charge in [-0.15, -0.1) is 6.58 Å². The molecular weight excluding hydrogens is 230 g/mol. The van der Waals surface area contributed by atoms with Crippen LogP contribution in [0.1, 0.15) is 12.5 Å². The maximum atomic E-state index is 10.7. The maximum absolute atomic E-state index is 10.7. The first-order valence-corrected chi connectivity index (χ1v) is 5.78. The summed E-state index contributed by atoms with van der Waals surface area (Å²) in [5.74, 6) is -0.916. The minimum absolute atomic E-state index is 0.116. The van der Waals surface area contributed by atoms with Crippen LogP contribution in [0.3, 0.4) is 0 Å². The van der Waals surface area contributed by atoms with Crippen molar-refractivity contribution >= 4 is 5.97 Å². The normalized spacial score (nSPS) is 14.2. The number of hydrogen-bond acceptors (Lipinski definition) is 3. The number of carboxylic acid groups (broad SMARTS) is 1. The average Bonchev–Trinajstić information content (AvgIpc) is 2.29. The summed E-state index contributed by atoms with van der Waals surface area (Å²) in [6.45, 7) is 5.83. The van der Waals surface area contributed by atoms with Crippen molar-refractivity contribution in [3.63, 3.8) is 0 Å². The lowest BCUT2D eigenvalue weighted by atomic mass is 9.95. The quantitative estimate of drug-likeness (QED) is 0.718. The van der Waals surface area contributed by atoms with Gasteiger partial charge in [0.1, 0.15) is 0 Å². The molecule has 4 nitrogen and oxygen atoms in total. The highest BCUT2D eigenvalue weighted by atomic mass is 16.4. The minimum Gasteiger partial charge on any atom is -0.480 e. The molecule has 0 heterocycles. The molecular formula is C14H19NO3. The van der Waals surface area contributed by atoms with Crippen molar-refractivity contribution in [1.82, 2.24) is 4.90 Å². The molecule has 0 fully saturated rings. The monoisotopic (exact) mass is 249 g/mol. The third-order valence-corrected chi connectivity index (χ3v) is 2.67. The molecule has 1 unspecified atom stereocenters. The molecule has 98 valence electrons. The van der Waals surface area contributed by atoms with E-state index in [4.69, 9.17) is 5.11 Å².